The van der Waals surface area contributed by atoms with Crippen molar-refractivity contribution < 1.29 is 14.3 Å². The second kappa shape index (κ2) is 9.27. The molecule has 1 aromatic heterocycles. The monoisotopic (exact) mass is 403 g/mol. The maximum atomic E-state index is 12.6. The highest BCUT2D eigenvalue weighted by Gasteiger charge is 2.18. The number of benzene rings is 2. The minimum Gasteiger partial charge on any atom is -0.496 e. The van der Waals surface area contributed by atoms with E-state index >= 15 is 0 Å². The SMILES string of the molecule is [C-]#[N+]c1cc(CC)c2ncc(C(=O)OCC)c(NCc3ccc(OC)c(C)c3)c2c1. The van der Waals surface area contributed by atoms with Crippen LogP contribution in [0.2, 0.25) is 0 Å². The van der Waals surface area contributed by atoms with Gasteiger partial charge in [0.2, 0.25) is 0 Å². The number of aromatic nitrogens is 1. The Morgan fingerprint density at radius 1 is 1.23 bits per heavy atom. The van der Waals surface area contributed by atoms with Crippen LogP contribution in [0.15, 0.2) is 36.5 Å². The molecule has 0 saturated heterocycles. The molecular formula is C24H25N3O3. The Bertz CT molecular complexity index is 1130. The first kappa shape index (κ1) is 21.1. The second-order valence-electron chi connectivity index (χ2n) is 6.89. The first-order chi connectivity index (χ1) is 14.5. The Hall–Kier alpha value is -3.59. The summed E-state index contributed by atoms with van der Waals surface area (Å²) in [5.41, 5.74) is 5.34. The number of nitrogens with one attached hydrogen (secondary N) is 1. The number of carbonyl (C=O) groups excluding carboxylic acids is 1. The second-order valence-corrected chi connectivity index (χ2v) is 6.89. The summed E-state index contributed by atoms with van der Waals surface area (Å²) in [5.74, 6) is 0.390. The number of hydrogen-bond acceptors (Lipinski definition) is 5. The quantitative estimate of drug-likeness (QED) is 0.419. The van der Waals surface area contributed by atoms with Crippen LogP contribution in [-0.2, 0) is 17.7 Å². The smallest absolute Gasteiger partial charge is 0.341 e. The molecule has 0 aliphatic rings. The number of nitrogens with zero attached hydrogens (tertiary/aromatic N) is 2. The van der Waals surface area contributed by atoms with Gasteiger partial charge in [0.15, 0.2) is 5.69 Å². The van der Waals surface area contributed by atoms with E-state index in [4.69, 9.17) is 16.0 Å². The van der Waals surface area contributed by atoms with Crippen molar-refractivity contribution in [2.24, 2.45) is 0 Å². The van der Waals surface area contributed by atoms with Crippen LogP contribution in [0.25, 0.3) is 15.7 Å². The van der Waals surface area contributed by atoms with Gasteiger partial charge in [0.05, 0.1) is 31.5 Å². The molecule has 1 N–H and O–H groups in total. The lowest BCUT2D eigenvalue weighted by Crippen LogP contribution is -2.11. The Labute approximate surface area is 176 Å². The van der Waals surface area contributed by atoms with E-state index in [0.717, 1.165) is 39.8 Å². The topological polar surface area (TPSA) is 64.8 Å². The van der Waals surface area contributed by atoms with Gasteiger partial charge in [0.1, 0.15) is 11.3 Å². The van der Waals surface area contributed by atoms with E-state index in [2.05, 4.69) is 15.1 Å². The van der Waals surface area contributed by atoms with Crippen molar-refractivity contribution in [3.8, 4) is 5.75 Å². The fourth-order valence-electron chi connectivity index (χ4n) is 3.49. The van der Waals surface area contributed by atoms with Crippen molar-refractivity contribution in [1.29, 1.82) is 0 Å². The molecule has 0 aliphatic heterocycles. The van der Waals surface area contributed by atoms with E-state index in [1.807, 2.05) is 38.1 Å². The summed E-state index contributed by atoms with van der Waals surface area (Å²) < 4.78 is 10.6. The van der Waals surface area contributed by atoms with Crippen LogP contribution in [0.5, 0.6) is 5.75 Å². The summed E-state index contributed by atoms with van der Waals surface area (Å²) in [4.78, 5) is 20.7. The molecule has 1 heterocycles. The average Bonchev–Trinajstić information content (AvgIpc) is 2.76. The van der Waals surface area contributed by atoms with Crippen LogP contribution < -0.4 is 10.1 Å². The number of aryl methyl sites for hydroxylation is 2. The molecule has 0 bridgehead atoms. The summed E-state index contributed by atoms with van der Waals surface area (Å²) in [6, 6.07) is 9.58. The van der Waals surface area contributed by atoms with Crippen molar-refractivity contribution in [3.63, 3.8) is 0 Å². The van der Waals surface area contributed by atoms with Crippen LogP contribution >= 0.6 is 0 Å². The molecule has 0 atom stereocenters. The number of ether oxygens (including phenoxy) is 2. The fraction of sp³-hybridized carbons (Fsp3) is 0.292. The number of methoxy groups -OCH3 is 1. The summed E-state index contributed by atoms with van der Waals surface area (Å²) >= 11 is 0. The largest absolute Gasteiger partial charge is 0.496 e. The zero-order valence-corrected chi connectivity index (χ0v) is 17.7. The summed E-state index contributed by atoms with van der Waals surface area (Å²) in [5, 5.41) is 4.14. The molecule has 0 unspecified atom stereocenters. The van der Waals surface area contributed by atoms with Gasteiger partial charge < -0.3 is 14.8 Å². The lowest BCUT2D eigenvalue weighted by Gasteiger charge is -2.16. The molecule has 0 amide bonds. The molecule has 0 saturated carbocycles. The number of anilines is 1. The van der Waals surface area contributed by atoms with Crippen molar-refractivity contribution in [2.75, 3.05) is 19.0 Å². The number of rotatable bonds is 7. The maximum absolute atomic E-state index is 12.6. The zero-order valence-electron chi connectivity index (χ0n) is 17.7. The molecular weight excluding hydrogens is 378 g/mol. The minimum atomic E-state index is -0.438. The highest BCUT2D eigenvalue weighted by molar-refractivity contribution is 6.06. The molecule has 0 aliphatic carbocycles. The van der Waals surface area contributed by atoms with E-state index in [-0.39, 0.29) is 6.61 Å². The molecule has 6 nitrogen and oxygen atoms in total. The van der Waals surface area contributed by atoms with Gasteiger partial charge in [0.25, 0.3) is 0 Å². The number of hydrogen-bond donors (Lipinski definition) is 1. The third-order valence-corrected chi connectivity index (χ3v) is 4.97. The highest BCUT2D eigenvalue weighted by Crippen LogP contribution is 2.33. The predicted octanol–water partition coefficient (Wildman–Crippen LogP) is 5.45. The van der Waals surface area contributed by atoms with Crippen LogP contribution in [-0.4, -0.2) is 24.7 Å². The number of fused-ring (bicyclic) bond motifs is 1. The summed E-state index contributed by atoms with van der Waals surface area (Å²) in [7, 11) is 1.65. The van der Waals surface area contributed by atoms with Gasteiger partial charge in [-0.1, -0.05) is 25.1 Å². The molecule has 2 aromatic carbocycles. The van der Waals surface area contributed by atoms with E-state index in [1.165, 1.54) is 0 Å². The Morgan fingerprint density at radius 3 is 2.67 bits per heavy atom. The van der Waals surface area contributed by atoms with E-state index < -0.39 is 5.97 Å². The molecule has 30 heavy (non-hydrogen) atoms. The van der Waals surface area contributed by atoms with Gasteiger partial charge in [-0.25, -0.2) is 9.64 Å². The van der Waals surface area contributed by atoms with E-state index in [9.17, 15) is 4.79 Å². The van der Waals surface area contributed by atoms with Crippen LogP contribution in [0.1, 0.15) is 40.9 Å². The number of esters is 1. The maximum Gasteiger partial charge on any atom is 0.341 e. The summed E-state index contributed by atoms with van der Waals surface area (Å²) in [6.45, 7) is 14.0. The first-order valence-corrected chi connectivity index (χ1v) is 9.89. The fourth-order valence-corrected chi connectivity index (χ4v) is 3.49. The van der Waals surface area contributed by atoms with Crippen molar-refractivity contribution in [1.82, 2.24) is 4.98 Å². The third kappa shape index (κ3) is 4.20. The van der Waals surface area contributed by atoms with Gasteiger partial charge in [-0.2, -0.15) is 0 Å². The molecule has 3 rings (SSSR count). The molecule has 0 fully saturated rings. The predicted molar refractivity (Wildman–Crippen MR) is 118 cm³/mol. The number of pyridine rings is 1. The molecule has 3 aromatic rings. The van der Waals surface area contributed by atoms with Gasteiger partial charge >= 0.3 is 5.97 Å². The minimum absolute atomic E-state index is 0.274. The first-order valence-electron chi connectivity index (χ1n) is 9.89. The Morgan fingerprint density at radius 2 is 2.03 bits per heavy atom. The third-order valence-electron chi connectivity index (χ3n) is 4.97. The molecule has 0 radical (unpaired) electrons. The van der Waals surface area contributed by atoms with Gasteiger partial charge in [-0.3, -0.25) is 4.98 Å². The summed E-state index contributed by atoms with van der Waals surface area (Å²) in [6.07, 6.45) is 2.29. The lowest BCUT2D eigenvalue weighted by molar-refractivity contribution is 0.0527. The zero-order chi connectivity index (χ0) is 21.7. The van der Waals surface area contributed by atoms with Crippen molar-refractivity contribution in [2.45, 2.75) is 33.7 Å². The van der Waals surface area contributed by atoms with Gasteiger partial charge in [0, 0.05) is 18.1 Å². The molecule has 6 heteroatoms. The van der Waals surface area contributed by atoms with Crippen molar-refractivity contribution >= 4 is 28.2 Å². The van der Waals surface area contributed by atoms with Crippen molar-refractivity contribution in [3.05, 3.63) is 70.2 Å². The number of carbonyl (C=O) groups is 1. The highest BCUT2D eigenvalue weighted by atomic mass is 16.5. The van der Waals surface area contributed by atoms with E-state index in [0.29, 0.717) is 23.5 Å². The van der Waals surface area contributed by atoms with Gasteiger partial charge in [-0.15, -0.1) is 0 Å². The van der Waals surface area contributed by atoms with Crippen LogP contribution in [0.3, 0.4) is 0 Å². The van der Waals surface area contributed by atoms with E-state index in [1.54, 1.807) is 26.3 Å². The molecule has 0 spiro atoms. The molecule has 154 valence electrons. The van der Waals surface area contributed by atoms with Crippen LogP contribution in [0, 0.1) is 13.5 Å². The normalized spacial score (nSPS) is 10.5. The lowest BCUT2D eigenvalue weighted by atomic mass is 10.0. The Kier molecular flexibility index (Phi) is 6.53. The standard InChI is InChI=1S/C24H25N3O3/c1-6-17-11-18(25-4)12-19-22(17)27-14-20(24(28)30-7-2)23(19)26-13-16-8-9-21(29-5)15(3)10-16/h8-12,14H,6-7,13H2,1-3,5H3,(H,26,27). The van der Waals surface area contributed by atoms with Crippen LogP contribution in [0.4, 0.5) is 11.4 Å². The van der Waals surface area contributed by atoms with Gasteiger partial charge in [-0.05, 0) is 49.1 Å². The average molecular weight is 403 g/mol. The Balaban J connectivity index is 2.11.